The Hall–Kier alpha value is -3.87. The molecule has 0 radical (unpaired) electrons. The summed E-state index contributed by atoms with van der Waals surface area (Å²) in [6.45, 7) is 10.2. The first-order valence-corrected chi connectivity index (χ1v) is 13.0. The van der Waals surface area contributed by atoms with Crippen molar-refractivity contribution in [3.63, 3.8) is 0 Å². The number of aliphatic hydroxyl groups excluding tert-OH is 1. The van der Waals surface area contributed by atoms with Gasteiger partial charge in [0.25, 0.3) is 0 Å². The van der Waals surface area contributed by atoms with Crippen molar-refractivity contribution < 1.29 is 19.4 Å². The molecule has 1 aromatic heterocycles. The third kappa shape index (κ3) is 6.52. The van der Waals surface area contributed by atoms with Gasteiger partial charge in [-0.2, -0.15) is 5.26 Å². The van der Waals surface area contributed by atoms with Crippen LogP contribution < -0.4 is 20.1 Å². The number of nitrogens with zero attached hydrogens (tertiary/aromatic N) is 3. The highest BCUT2D eigenvalue weighted by molar-refractivity contribution is 5.91. The Kier molecular flexibility index (Phi) is 8.66. The number of carbonyl (C=O) groups excluding carboxylic acids is 1. The molecule has 38 heavy (non-hydrogen) atoms. The Balaban J connectivity index is 1.53. The first-order valence-electron chi connectivity index (χ1n) is 13.0. The Labute approximate surface area is 223 Å². The van der Waals surface area contributed by atoms with Crippen LogP contribution in [-0.4, -0.2) is 59.4 Å². The van der Waals surface area contributed by atoms with E-state index in [1.807, 2.05) is 39.8 Å². The zero-order valence-electron chi connectivity index (χ0n) is 22.4. The summed E-state index contributed by atoms with van der Waals surface area (Å²) in [4.78, 5) is 18.7. The molecule has 1 aliphatic carbocycles. The number of fused-ring (bicyclic) bond motifs is 1. The van der Waals surface area contributed by atoms with Crippen LogP contribution in [0.15, 0.2) is 36.5 Å². The van der Waals surface area contributed by atoms with Gasteiger partial charge in [-0.05, 0) is 75.2 Å². The first kappa shape index (κ1) is 27.2. The van der Waals surface area contributed by atoms with Gasteiger partial charge in [0.2, 0.25) is 0 Å². The number of benzene rings is 2. The minimum Gasteiger partial charge on any atom is -0.489 e. The third-order valence-corrected chi connectivity index (χ3v) is 6.84. The van der Waals surface area contributed by atoms with E-state index in [2.05, 4.69) is 26.6 Å². The average Bonchev–Trinajstić information content (AvgIpc) is 3.73. The van der Waals surface area contributed by atoms with Gasteiger partial charge < -0.3 is 30.1 Å². The normalized spacial score (nSPS) is 13.7. The van der Waals surface area contributed by atoms with Crippen LogP contribution in [0.5, 0.6) is 17.2 Å². The number of likely N-dealkylation sites (N-methyl/N-ethyl adjacent to an activating group) is 1. The summed E-state index contributed by atoms with van der Waals surface area (Å²) in [7, 11) is 0. The number of hydrogen-bond donors (Lipinski definition) is 3. The maximum absolute atomic E-state index is 12.2. The van der Waals surface area contributed by atoms with E-state index in [0.29, 0.717) is 40.3 Å². The fourth-order valence-corrected chi connectivity index (χ4v) is 4.19. The van der Waals surface area contributed by atoms with Crippen LogP contribution in [0.4, 0.5) is 10.5 Å². The predicted molar refractivity (Wildman–Crippen MR) is 147 cm³/mol. The monoisotopic (exact) mass is 517 g/mol. The van der Waals surface area contributed by atoms with Crippen molar-refractivity contribution in [2.24, 2.45) is 0 Å². The maximum Gasteiger partial charge on any atom is 0.319 e. The molecule has 1 atom stereocenters. The zero-order valence-corrected chi connectivity index (χ0v) is 22.4. The molecule has 3 N–H and O–H groups in total. The number of urea groups is 1. The zero-order chi connectivity index (χ0) is 27.2. The van der Waals surface area contributed by atoms with Crippen molar-refractivity contribution in [3.8, 4) is 23.3 Å². The lowest BCUT2D eigenvalue weighted by molar-refractivity contribution is 0.0716. The Morgan fingerprint density at radius 2 is 1.92 bits per heavy atom. The number of pyridine rings is 1. The highest BCUT2D eigenvalue weighted by Gasteiger charge is 2.23. The van der Waals surface area contributed by atoms with Crippen LogP contribution in [0, 0.1) is 25.2 Å². The van der Waals surface area contributed by atoms with Crippen molar-refractivity contribution in [1.82, 2.24) is 15.2 Å². The van der Waals surface area contributed by atoms with E-state index in [-0.39, 0.29) is 18.7 Å². The second-order valence-electron chi connectivity index (χ2n) is 9.57. The third-order valence-electron chi connectivity index (χ3n) is 6.84. The van der Waals surface area contributed by atoms with E-state index in [0.717, 1.165) is 42.7 Å². The number of aromatic nitrogens is 1. The van der Waals surface area contributed by atoms with E-state index >= 15 is 0 Å². The number of carbonyl (C=O) groups is 1. The van der Waals surface area contributed by atoms with Crippen molar-refractivity contribution in [1.29, 1.82) is 5.26 Å². The second kappa shape index (κ2) is 12.1. The highest BCUT2D eigenvalue weighted by Crippen LogP contribution is 2.36. The molecule has 2 amide bonds. The first-order chi connectivity index (χ1) is 18.3. The molecule has 0 saturated heterocycles. The molecule has 2 aromatic carbocycles. The molecule has 1 aliphatic rings. The lowest BCUT2D eigenvalue weighted by Gasteiger charge is -2.22. The van der Waals surface area contributed by atoms with Crippen LogP contribution in [0.2, 0.25) is 0 Å². The van der Waals surface area contributed by atoms with Crippen molar-refractivity contribution in [2.75, 3.05) is 31.6 Å². The van der Waals surface area contributed by atoms with Crippen LogP contribution in [0.3, 0.4) is 0 Å². The highest BCUT2D eigenvalue weighted by atomic mass is 16.5. The Bertz CT molecular complexity index is 1350. The second-order valence-corrected chi connectivity index (χ2v) is 9.57. The summed E-state index contributed by atoms with van der Waals surface area (Å²) in [5.74, 6) is 1.56. The van der Waals surface area contributed by atoms with Gasteiger partial charge in [-0.3, -0.25) is 4.98 Å². The van der Waals surface area contributed by atoms with E-state index in [1.165, 1.54) is 0 Å². The lowest BCUT2D eigenvalue weighted by Crippen LogP contribution is -2.35. The van der Waals surface area contributed by atoms with Gasteiger partial charge in [-0.15, -0.1) is 0 Å². The standard InChI is InChI=1S/C29H35N5O4/c1-5-34(6-2)16-22(35)17-37-28-14-25-23(13-20(28)15-30)27(11-12-31-25)38-26-10-9-24(18(3)19(26)4)33-29(36)32-21-7-8-21/h9-14,21-22,35H,5-8,16-17H2,1-4H3,(H2,32,33,36)/t22-/m0/s1. The van der Waals surface area contributed by atoms with Crippen LogP contribution >= 0.6 is 0 Å². The van der Waals surface area contributed by atoms with Gasteiger partial charge >= 0.3 is 6.03 Å². The summed E-state index contributed by atoms with van der Waals surface area (Å²) >= 11 is 0. The molecule has 0 spiro atoms. The van der Waals surface area contributed by atoms with Crippen LogP contribution in [0.25, 0.3) is 10.9 Å². The molecular formula is C29H35N5O4. The Morgan fingerprint density at radius 1 is 1.16 bits per heavy atom. The molecule has 1 fully saturated rings. The Morgan fingerprint density at radius 3 is 2.61 bits per heavy atom. The van der Waals surface area contributed by atoms with Gasteiger partial charge in [-0.1, -0.05) is 13.8 Å². The number of amides is 2. The molecule has 1 heterocycles. The number of nitrogens with one attached hydrogen (secondary N) is 2. The molecule has 1 saturated carbocycles. The summed E-state index contributed by atoms with van der Waals surface area (Å²) < 4.78 is 12.1. The van der Waals surface area contributed by atoms with E-state index in [1.54, 1.807) is 24.4 Å². The number of aliphatic hydroxyl groups is 1. The minimum absolute atomic E-state index is 0.0738. The maximum atomic E-state index is 12.2. The van der Waals surface area contributed by atoms with Crippen molar-refractivity contribution in [2.45, 2.75) is 52.7 Å². The number of anilines is 1. The average molecular weight is 518 g/mol. The quantitative estimate of drug-likeness (QED) is 0.332. The fraction of sp³-hybridized carbons (Fsp3) is 0.414. The van der Waals surface area contributed by atoms with Crippen molar-refractivity contribution in [3.05, 3.63) is 53.2 Å². The van der Waals surface area contributed by atoms with Crippen LogP contribution in [0.1, 0.15) is 43.4 Å². The molecule has 9 heteroatoms. The van der Waals surface area contributed by atoms with Gasteiger partial charge in [0, 0.05) is 35.9 Å². The molecule has 9 nitrogen and oxygen atoms in total. The fourth-order valence-electron chi connectivity index (χ4n) is 4.19. The van der Waals surface area contributed by atoms with E-state index < -0.39 is 6.10 Å². The molecule has 200 valence electrons. The predicted octanol–water partition coefficient (Wildman–Crippen LogP) is 4.88. The number of nitriles is 1. The molecule has 0 unspecified atom stereocenters. The molecular weight excluding hydrogens is 482 g/mol. The van der Waals surface area contributed by atoms with Crippen LogP contribution in [-0.2, 0) is 0 Å². The van der Waals surface area contributed by atoms with Gasteiger partial charge in [0.15, 0.2) is 0 Å². The minimum atomic E-state index is -0.678. The number of rotatable bonds is 11. The lowest BCUT2D eigenvalue weighted by atomic mass is 10.1. The van der Waals surface area contributed by atoms with Crippen molar-refractivity contribution >= 4 is 22.6 Å². The molecule has 4 rings (SSSR count). The topological polar surface area (TPSA) is 120 Å². The van der Waals surface area contributed by atoms with Gasteiger partial charge in [0.1, 0.15) is 36.0 Å². The number of hydrogen-bond acceptors (Lipinski definition) is 7. The summed E-state index contributed by atoms with van der Waals surface area (Å²) in [6, 6.07) is 11.1. The van der Waals surface area contributed by atoms with Gasteiger partial charge in [0.05, 0.1) is 11.1 Å². The SMILES string of the molecule is CCN(CC)C[C@H](O)COc1cc2nccc(Oc3ccc(NC(=O)NC4CC4)c(C)c3C)c2cc1C#N. The molecule has 3 aromatic rings. The molecule has 0 aliphatic heterocycles. The smallest absolute Gasteiger partial charge is 0.319 e. The van der Waals surface area contributed by atoms with E-state index in [9.17, 15) is 15.2 Å². The summed E-state index contributed by atoms with van der Waals surface area (Å²) in [5, 5.41) is 26.7. The number of ether oxygens (including phenoxy) is 2. The van der Waals surface area contributed by atoms with E-state index in [4.69, 9.17) is 9.47 Å². The van der Waals surface area contributed by atoms with Gasteiger partial charge in [-0.25, -0.2) is 4.79 Å². The largest absolute Gasteiger partial charge is 0.489 e. The molecule has 0 bridgehead atoms. The summed E-state index contributed by atoms with van der Waals surface area (Å²) in [5.41, 5.74) is 3.47. The summed E-state index contributed by atoms with van der Waals surface area (Å²) in [6.07, 6.45) is 3.02.